The second kappa shape index (κ2) is 6.20. The largest absolute Gasteiger partial charge is 0.466 e. The minimum absolute atomic E-state index is 0.0622. The van der Waals surface area contributed by atoms with Gasteiger partial charge in [-0.2, -0.15) is 0 Å². The van der Waals surface area contributed by atoms with Gasteiger partial charge in [0.15, 0.2) is 0 Å². The summed E-state index contributed by atoms with van der Waals surface area (Å²) in [7, 11) is -3.33. The summed E-state index contributed by atoms with van der Waals surface area (Å²) in [4.78, 5) is 11.0. The van der Waals surface area contributed by atoms with Gasteiger partial charge in [-0.3, -0.25) is 4.79 Å². The third-order valence-corrected chi connectivity index (χ3v) is 4.02. The SMILES string of the molecule is CCOC(=O)CCS(=O)(=O)NC1CCCC1. The van der Waals surface area contributed by atoms with Gasteiger partial charge in [-0.25, -0.2) is 13.1 Å². The van der Waals surface area contributed by atoms with Crippen molar-refractivity contribution in [1.82, 2.24) is 4.72 Å². The van der Waals surface area contributed by atoms with E-state index in [1.54, 1.807) is 6.92 Å². The molecule has 0 saturated heterocycles. The number of hydrogen-bond donors (Lipinski definition) is 1. The molecule has 0 aliphatic heterocycles. The Balaban J connectivity index is 2.30. The number of nitrogens with one attached hydrogen (secondary N) is 1. The molecule has 0 aromatic heterocycles. The predicted octanol–water partition coefficient (Wildman–Crippen LogP) is 0.802. The highest BCUT2D eigenvalue weighted by Crippen LogP contribution is 2.18. The Hall–Kier alpha value is -0.620. The molecule has 0 radical (unpaired) electrons. The summed E-state index contributed by atoms with van der Waals surface area (Å²) >= 11 is 0. The summed E-state index contributed by atoms with van der Waals surface area (Å²) in [6.07, 6.45) is 3.88. The molecule has 6 heteroatoms. The summed E-state index contributed by atoms with van der Waals surface area (Å²) in [6, 6.07) is 0.0622. The highest BCUT2D eigenvalue weighted by Gasteiger charge is 2.21. The van der Waals surface area contributed by atoms with E-state index in [0.29, 0.717) is 0 Å². The third kappa shape index (κ3) is 4.94. The Labute approximate surface area is 96.6 Å². The molecule has 1 N–H and O–H groups in total. The summed E-state index contributed by atoms with van der Waals surface area (Å²) in [5.74, 6) is -0.637. The van der Waals surface area contributed by atoms with Crippen molar-refractivity contribution in [2.45, 2.75) is 45.1 Å². The number of ether oxygens (including phenoxy) is 1. The molecule has 1 aliphatic carbocycles. The van der Waals surface area contributed by atoms with Crippen molar-refractivity contribution >= 4 is 16.0 Å². The Bertz CT molecular complexity index is 320. The molecule has 0 atom stereocenters. The van der Waals surface area contributed by atoms with E-state index in [2.05, 4.69) is 9.46 Å². The lowest BCUT2D eigenvalue weighted by atomic mass is 10.3. The number of carbonyl (C=O) groups excluding carboxylic acids is 1. The average molecular weight is 249 g/mol. The van der Waals surface area contributed by atoms with E-state index in [9.17, 15) is 13.2 Å². The van der Waals surface area contributed by atoms with Gasteiger partial charge in [0.25, 0.3) is 0 Å². The molecule has 0 aromatic rings. The van der Waals surface area contributed by atoms with Crippen LogP contribution >= 0.6 is 0 Å². The number of sulfonamides is 1. The van der Waals surface area contributed by atoms with Gasteiger partial charge in [0, 0.05) is 6.04 Å². The number of rotatable bonds is 6. The van der Waals surface area contributed by atoms with Gasteiger partial charge in [0.05, 0.1) is 18.8 Å². The molecule has 1 aliphatic rings. The fraction of sp³-hybridized carbons (Fsp3) is 0.900. The molecule has 0 heterocycles. The van der Waals surface area contributed by atoms with Crippen molar-refractivity contribution in [2.24, 2.45) is 0 Å². The van der Waals surface area contributed by atoms with E-state index in [0.717, 1.165) is 25.7 Å². The van der Waals surface area contributed by atoms with Crippen LogP contribution in [0.25, 0.3) is 0 Å². The zero-order chi connectivity index (χ0) is 12.0. The van der Waals surface area contributed by atoms with Crippen molar-refractivity contribution in [1.29, 1.82) is 0 Å². The van der Waals surface area contributed by atoms with Crippen molar-refractivity contribution in [3.05, 3.63) is 0 Å². The number of carbonyl (C=O) groups is 1. The molecule has 1 fully saturated rings. The molecule has 5 nitrogen and oxygen atoms in total. The van der Waals surface area contributed by atoms with Crippen molar-refractivity contribution in [3.63, 3.8) is 0 Å². The molecular weight excluding hydrogens is 230 g/mol. The second-order valence-electron chi connectivity index (χ2n) is 3.97. The zero-order valence-corrected chi connectivity index (χ0v) is 10.4. The summed E-state index contributed by atoms with van der Waals surface area (Å²) < 4.78 is 30.4. The molecule has 0 unspecified atom stereocenters. The number of hydrogen-bond acceptors (Lipinski definition) is 4. The van der Waals surface area contributed by atoms with E-state index in [-0.39, 0.29) is 24.8 Å². The van der Waals surface area contributed by atoms with Crippen molar-refractivity contribution in [2.75, 3.05) is 12.4 Å². The van der Waals surface area contributed by atoms with Gasteiger partial charge in [0.2, 0.25) is 10.0 Å². The lowest BCUT2D eigenvalue weighted by Gasteiger charge is -2.11. The maximum Gasteiger partial charge on any atom is 0.306 e. The van der Waals surface area contributed by atoms with Crippen molar-refractivity contribution < 1.29 is 17.9 Å². The van der Waals surface area contributed by atoms with Crippen LogP contribution in [0.15, 0.2) is 0 Å². The Morgan fingerprint density at radius 3 is 2.56 bits per heavy atom. The van der Waals surface area contributed by atoms with Gasteiger partial charge in [0.1, 0.15) is 0 Å². The van der Waals surface area contributed by atoms with E-state index in [4.69, 9.17) is 0 Å². The van der Waals surface area contributed by atoms with Gasteiger partial charge in [-0.15, -0.1) is 0 Å². The highest BCUT2D eigenvalue weighted by molar-refractivity contribution is 7.89. The smallest absolute Gasteiger partial charge is 0.306 e. The van der Waals surface area contributed by atoms with Crippen molar-refractivity contribution in [3.8, 4) is 0 Å². The molecule has 1 saturated carbocycles. The molecule has 0 spiro atoms. The molecule has 94 valence electrons. The summed E-state index contributed by atoms with van der Waals surface area (Å²) in [6.45, 7) is 1.98. The standard InChI is InChI=1S/C10H19NO4S/c1-2-15-10(12)7-8-16(13,14)11-9-5-3-4-6-9/h9,11H,2-8H2,1H3. The quantitative estimate of drug-likeness (QED) is 0.707. The predicted molar refractivity (Wildman–Crippen MR) is 60.4 cm³/mol. The van der Waals surface area contributed by atoms with Crippen LogP contribution in [0.5, 0.6) is 0 Å². The van der Waals surface area contributed by atoms with Crippen LogP contribution in [0.2, 0.25) is 0 Å². The van der Waals surface area contributed by atoms with E-state index in [1.165, 1.54) is 0 Å². The third-order valence-electron chi connectivity index (χ3n) is 2.58. The molecule has 0 aromatic carbocycles. The molecule has 16 heavy (non-hydrogen) atoms. The lowest BCUT2D eigenvalue weighted by Crippen LogP contribution is -2.35. The second-order valence-corrected chi connectivity index (χ2v) is 5.85. The molecule has 0 bridgehead atoms. The fourth-order valence-electron chi connectivity index (χ4n) is 1.81. The monoisotopic (exact) mass is 249 g/mol. The van der Waals surface area contributed by atoms with E-state index >= 15 is 0 Å². The average Bonchev–Trinajstić information content (AvgIpc) is 2.67. The Morgan fingerprint density at radius 2 is 2.00 bits per heavy atom. The van der Waals surface area contributed by atoms with Gasteiger partial charge in [-0.05, 0) is 19.8 Å². The normalized spacial score (nSPS) is 17.6. The first-order valence-corrected chi connectivity index (χ1v) is 7.34. The summed E-state index contributed by atoms with van der Waals surface area (Å²) in [5.41, 5.74) is 0. The Kier molecular flexibility index (Phi) is 5.21. The van der Waals surface area contributed by atoms with Crippen LogP contribution < -0.4 is 4.72 Å². The maximum absolute atomic E-state index is 11.6. The van der Waals surface area contributed by atoms with Crippen LogP contribution in [-0.4, -0.2) is 32.8 Å². The fourth-order valence-corrected chi connectivity index (χ4v) is 3.10. The zero-order valence-electron chi connectivity index (χ0n) is 9.57. The molecule has 0 amide bonds. The Morgan fingerprint density at radius 1 is 1.38 bits per heavy atom. The van der Waals surface area contributed by atoms with Crippen LogP contribution in [0.3, 0.4) is 0 Å². The first kappa shape index (κ1) is 13.4. The number of esters is 1. The highest BCUT2D eigenvalue weighted by atomic mass is 32.2. The minimum Gasteiger partial charge on any atom is -0.466 e. The molecule has 1 rings (SSSR count). The lowest BCUT2D eigenvalue weighted by molar-refractivity contribution is -0.142. The van der Waals surface area contributed by atoms with E-state index in [1.807, 2.05) is 0 Å². The van der Waals surface area contributed by atoms with E-state index < -0.39 is 16.0 Å². The van der Waals surface area contributed by atoms with Crippen LogP contribution in [0, 0.1) is 0 Å². The van der Waals surface area contributed by atoms with Gasteiger partial charge >= 0.3 is 5.97 Å². The van der Waals surface area contributed by atoms with Gasteiger partial charge in [-0.1, -0.05) is 12.8 Å². The summed E-state index contributed by atoms with van der Waals surface area (Å²) in [5, 5.41) is 0. The minimum atomic E-state index is -3.33. The maximum atomic E-state index is 11.6. The topological polar surface area (TPSA) is 72.5 Å². The first-order valence-electron chi connectivity index (χ1n) is 5.69. The van der Waals surface area contributed by atoms with Crippen LogP contribution in [0.4, 0.5) is 0 Å². The molecular formula is C10H19NO4S. The van der Waals surface area contributed by atoms with Crippen LogP contribution in [0.1, 0.15) is 39.0 Å². The van der Waals surface area contributed by atoms with Crippen LogP contribution in [-0.2, 0) is 19.6 Å². The van der Waals surface area contributed by atoms with Gasteiger partial charge < -0.3 is 4.74 Å². The first-order chi connectivity index (χ1) is 7.53.